The van der Waals surface area contributed by atoms with Crippen molar-refractivity contribution in [3.63, 3.8) is 0 Å². The Morgan fingerprint density at radius 3 is 2.79 bits per heavy atom. The van der Waals surface area contributed by atoms with Crippen LogP contribution < -0.4 is 5.32 Å². The summed E-state index contributed by atoms with van der Waals surface area (Å²) in [6.45, 7) is 1.44. The highest BCUT2D eigenvalue weighted by Gasteiger charge is 2.07. The Morgan fingerprint density at radius 2 is 2.05 bits per heavy atom. The molecule has 2 aromatic heterocycles. The van der Waals surface area contributed by atoms with Crippen LogP contribution in [0, 0.1) is 0 Å². The Labute approximate surface area is 109 Å². The zero-order chi connectivity index (χ0) is 13.2. The largest absolute Gasteiger partial charge is 0.360 e. The summed E-state index contributed by atoms with van der Waals surface area (Å²) in [5, 5.41) is 3.70. The first kappa shape index (κ1) is 11.4. The molecule has 0 atom stereocenters. The van der Waals surface area contributed by atoms with Crippen molar-refractivity contribution < 1.29 is 4.79 Å². The summed E-state index contributed by atoms with van der Waals surface area (Å²) in [7, 11) is 0. The van der Waals surface area contributed by atoms with E-state index in [9.17, 15) is 4.79 Å². The van der Waals surface area contributed by atoms with E-state index in [0.29, 0.717) is 5.82 Å². The van der Waals surface area contributed by atoms with Gasteiger partial charge in [0.15, 0.2) is 5.82 Å². The minimum absolute atomic E-state index is 0.158. The number of fused-ring (bicyclic) bond motifs is 1. The van der Waals surface area contributed by atoms with Crippen molar-refractivity contribution >= 4 is 22.6 Å². The van der Waals surface area contributed by atoms with Gasteiger partial charge in [-0.25, -0.2) is 4.98 Å². The molecule has 0 saturated heterocycles. The van der Waals surface area contributed by atoms with Crippen LogP contribution in [0.4, 0.5) is 5.82 Å². The van der Waals surface area contributed by atoms with Crippen molar-refractivity contribution in [2.24, 2.45) is 0 Å². The lowest BCUT2D eigenvalue weighted by Gasteiger charge is -2.02. The minimum Gasteiger partial charge on any atom is -0.360 e. The number of anilines is 1. The van der Waals surface area contributed by atoms with E-state index in [1.165, 1.54) is 6.92 Å². The number of hydrogen-bond acceptors (Lipinski definition) is 3. The SMILES string of the molecule is CC(=O)Nc1cnc(-c2c[nH]c3ccccc23)cn1. The van der Waals surface area contributed by atoms with E-state index < -0.39 is 0 Å². The molecule has 1 aromatic carbocycles. The van der Waals surface area contributed by atoms with Crippen molar-refractivity contribution in [1.29, 1.82) is 0 Å². The summed E-state index contributed by atoms with van der Waals surface area (Å²) >= 11 is 0. The van der Waals surface area contributed by atoms with Gasteiger partial charge in [0.1, 0.15) is 0 Å². The maximum absolute atomic E-state index is 10.9. The first-order valence-electron chi connectivity index (χ1n) is 5.90. The Hall–Kier alpha value is -2.69. The van der Waals surface area contributed by atoms with Gasteiger partial charge in [0.2, 0.25) is 5.91 Å². The molecule has 0 aliphatic rings. The zero-order valence-corrected chi connectivity index (χ0v) is 10.3. The monoisotopic (exact) mass is 252 g/mol. The fourth-order valence-electron chi connectivity index (χ4n) is 2.00. The molecular formula is C14H12N4O. The predicted octanol–water partition coefficient (Wildman–Crippen LogP) is 2.58. The van der Waals surface area contributed by atoms with Gasteiger partial charge in [0, 0.05) is 29.6 Å². The van der Waals surface area contributed by atoms with Crippen LogP contribution in [0.15, 0.2) is 42.9 Å². The molecule has 0 saturated carbocycles. The number of aromatic amines is 1. The Morgan fingerprint density at radius 1 is 1.21 bits per heavy atom. The fourth-order valence-corrected chi connectivity index (χ4v) is 2.00. The van der Waals surface area contributed by atoms with E-state index in [0.717, 1.165) is 22.2 Å². The average molecular weight is 252 g/mol. The zero-order valence-electron chi connectivity index (χ0n) is 10.3. The molecule has 0 radical (unpaired) electrons. The molecule has 94 valence electrons. The van der Waals surface area contributed by atoms with Gasteiger partial charge >= 0.3 is 0 Å². The molecule has 0 aliphatic carbocycles. The van der Waals surface area contributed by atoms with Crippen molar-refractivity contribution in [3.8, 4) is 11.3 Å². The number of carbonyl (C=O) groups is 1. The first-order valence-corrected chi connectivity index (χ1v) is 5.90. The molecular weight excluding hydrogens is 240 g/mol. The second kappa shape index (κ2) is 4.53. The smallest absolute Gasteiger partial charge is 0.222 e. The average Bonchev–Trinajstić information content (AvgIpc) is 2.83. The van der Waals surface area contributed by atoms with Crippen LogP contribution in [-0.4, -0.2) is 20.9 Å². The van der Waals surface area contributed by atoms with Crippen LogP contribution >= 0.6 is 0 Å². The molecule has 5 heteroatoms. The lowest BCUT2D eigenvalue weighted by atomic mass is 10.1. The normalized spacial score (nSPS) is 10.6. The molecule has 0 bridgehead atoms. The number of carbonyl (C=O) groups excluding carboxylic acids is 1. The number of H-pyrrole nitrogens is 1. The lowest BCUT2D eigenvalue weighted by molar-refractivity contribution is -0.114. The van der Waals surface area contributed by atoms with E-state index in [1.807, 2.05) is 30.5 Å². The highest BCUT2D eigenvalue weighted by atomic mass is 16.1. The highest BCUT2D eigenvalue weighted by Crippen LogP contribution is 2.26. The van der Waals surface area contributed by atoms with Crippen molar-refractivity contribution in [3.05, 3.63) is 42.9 Å². The maximum atomic E-state index is 10.9. The van der Waals surface area contributed by atoms with E-state index in [1.54, 1.807) is 12.4 Å². The summed E-state index contributed by atoms with van der Waals surface area (Å²) in [6.07, 6.45) is 5.12. The third-order valence-electron chi connectivity index (χ3n) is 2.82. The maximum Gasteiger partial charge on any atom is 0.222 e. The van der Waals surface area contributed by atoms with E-state index in [4.69, 9.17) is 0 Å². The summed E-state index contributed by atoms with van der Waals surface area (Å²) in [5.41, 5.74) is 2.83. The number of amides is 1. The Balaban J connectivity index is 2.00. The molecule has 19 heavy (non-hydrogen) atoms. The van der Waals surface area contributed by atoms with Crippen molar-refractivity contribution in [2.75, 3.05) is 5.32 Å². The minimum atomic E-state index is -0.158. The highest BCUT2D eigenvalue weighted by molar-refractivity contribution is 5.94. The summed E-state index contributed by atoms with van der Waals surface area (Å²) in [6, 6.07) is 8.01. The van der Waals surface area contributed by atoms with Gasteiger partial charge < -0.3 is 10.3 Å². The molecule has 5 nitrogen and oxygen atoms in total. The molecule has 0 aliphatic heterocycles. The summed E-state index contributed by atoms with van der Waals surface area (Å²) < 4.78 is 0. The van der Waals surface area contributed by atoms with Crippen molar-refractivity contribution in [2.45, 2.75) is 6.92 Å². The molecule has 0 unspecified atom stereocenters. The molecule has 2 heterocycles. The number of hydrogen-bond donors (Lipinski definition) is 2. The Kier molecular flexibility index (Phi) is 2.72. The van der Waals surface area contributed by atoms with Crippen LogP contribution in [0.5, 0.6) is 0 Å². The van der Waals surface area contributed by atoms with Crippen LogP contribution in [0.2, 0.25) is 0 Å². The topological polar surface area (TPSA) is 70.7 Å². The molecule has 3 rings (SSSR count). The molecule has 2 N–H and O–H groups in total. The van der Waals surface area contributed by atoms with Gasteiger partial charge in [0.05, 0.1) is 18.1 Å². The molecule has 3 aromatic rings. The van der Waals surface area contributed by atoms with Gasteiger partial charge in [-0.1, -0.05) is 18.2 Å². The van der Waals surface area contributed by atoms with Crippen LogP contribution in [0.25, 0.3) is 22.2 Å². The number of nitrogens with one attached hydrogen (secondary N) is 2. The number of nitrogens with zero attached hydrogens (tertiary/aromatic N) is 2. The number of aromatic nitrogens is 3. The van der Waals surface area contributed by atoms with Crippen molar-refractivity contribution in [1.82, 2.24) is 15.0 Å². The van der Waals surface area contributed by atoms with Gasteiger partial charge in [-0.2, -0.15) is 0 Å². The number of para-hydroxylation sites is 1. The quantitative estimate of drug-likeness (QED) is 0.736. The van der Waals surface area contributed by atoms with E-state index >= 15 is 0 Å². The number of benzene rings is 1. The van der Waals surface area contributed by atoms with E-state index in [2.05, 4.69) is 20.3 Å². The number of rotatable bonds is 2. The first-order chi connectivity index (χ1) is 9.24. The Bertz CT molecular complexity index is 731. The lowest BCUT2D eigenvalue weighted by Crippen LogP contribution is -2.07. The second-order valence-corrected chi connectivity index (χ2v) is 4.22. The molecule has 0 fully saturated rings. The molecule has 1 amide bonds. The van der Waals surface area contributed by atoms with Crippen LogP contribution in [0.1, 0.15) is 6.92 Å². The van der Waals surface area contributed by atoms with Crippen LogP contribution in [-0.2, 0) is 4.79 Å². The fraction of sp³-hybridized carbons (Fsp3) is 0.0714. The summed E-state index contributed by atoms with van der Waals surface area (Å²) in [4.78, 5) is 22.6. The second-order valence-electron chi connectivity index (χ2n) is 4.22. The standard InChI is InChI=1S/C14H12N4O/c1-9(19)18-14-8-16-13(7-17-14)11-6-15-12-5-3-2-4-10(11)12/h2-8,15H,1H3,(H,17,18,19). The third kappa shape index (κ3) is 2.18. The molecule has 0 spiro atoms. The van der Waals surface area contributed by atoms with Crippen LogP contribution in [0.3, 0.4) is 0 Å². The third-order valence-corrected chi connectivity index (χ3v) is 2.82. The predicted molar refractivity (Wildman–Crippen MR) is 73.6 cm³/mol. The summed E-state index contributed by atoms with van der Waals surface area (Å²) in [5.74, 6) is 0.297. The van der Waals surface area contributed by atoms with Gasteiger partial charge in [-0.15, -0.1) is 0 Å². The van der Waals surface area contributed by atoms with Gasteiger partial charge in [-0.3, -0.25) is 9.78 Å². The van der Waals surface area contributed by atoms with E-state index in [-0.39, 0.29) is 5.91 Å². The van der Waals surface area contributed by atoms with Gasteiger partial charge in [0.25, 0.3) is 0 Å². The van der Waals surface area contributed by atoms with Gasteiger partial charge in [-0.05, 0) is 6.07 Å².